The van der Waals surface area contributed by atoms with Gasteiger partial charge in [0, 0.05) is 17.5 Å². The second-order valence-electron chi connectivity index (χ2n) is 6.72. The minimum absolute atomic E-state index is 0. The zero-order valence-electron chi connectivity index (χ0n) is 15.8. The Morgan fingerprint density at radius 1 is 1.29 bits per heavy atom. The molecule has 1 aliphatic heterocycles. The van der Waals surface area contributed by atoms with Crippen molar-refractivity contribution in [3.05, 3.63) is 47.3 Å². The fourth-order valence-corrected chi connectivity index (χ4v) is 4.60. The Hall–Kier alpha value is -2.22. The van der Waals surface area contributed by atoms with Crippen molar-refractivity contribution in [1.82, 2.24) is 15.3 Å². The highest BCUT2D eigenvalue weighted by Crippen LogP contribution is 2.40. The van der Waals surface area contributed by atoms with Gasteiger partial charge >= 0.3 is 0 Å². The third-order valence-corrected chi connectivity index (χ3v) is 5.94. The molecule has 0 aliphatic carbocycles. The van der Waals surface area contributed by atoms with Gasteiger partial charge in [-0.1, -0.05) is 17.4 Å². The Bertz CT molecular complexity index is 985. The van der Waals surface area contributed by atoms with E-state index in [1.54, 1.807) is 25.4 Å². The summed E-state index contributed by atoms with van der Waals surface area (Å²) in [6.07, 6.45) is 3.86. The van der Waals surface area contributed by atoms with Crippen LogP contribution in [0, 0.1) is 6.92 Å². The van der Waals surface area contributed by atoms with Crippen LogP contribution in [0.2, 0.25) is 0 Å². The lowest BCUT2D eigenvalue weighted by molar-refractivity contribution is 0.102. The number of amides is 1. The fourth-order valence-electron chi connectivity index (χ4n) is 3.53. The predicted molar refractivity (Wildman–Crippen MR) is 115 cm³/mol. The summed E-state index contributed by atoms with van der Waals surface area (Å²) in [7, 11) is 1.65. The summed E-state index contributed by atoms with van der Waals surface area (Å²) < 4.78 is 6.60. The van der Waals surface area contributed by atoms with Gasteiger partial charge in [-0.05, 0) is 62.5 Å². The average molecular weight is 419 g/mol. The van der Waals surface area contributed by atoms with Crippen LogP contribution in [-0.4, -0.2) is 36.1 Å². The van der Waals surface area contributed by atoms with Gasteiger partial charge < -0.3 is 10.1 Å². The molecule has 1 amide bonds. The summed E-state index contributed by atoms with van der Waals surface area (Å²) in [5.74, 6) is 1.06. The number of hydrogen-bond donors (Lipinski definition) is 2. The minimum Gasteiger partial charge on any atom is -0.494 e. The number of rotatable bonds is 4. The van der Waals surface area contributed by atoms with Crippen molar-refractivity contribution in [1.29, 1.82) is 0 Å². The number of halogens is 1. The molecule has 3 aromatic rings. The average Bonchev–Trinajstić information content (AvgIpc) is 3.11. The number of nitrogens with zero attached hydrogens (tertiary/aromatic N) is 2. The van der Waals surface area contributed by atoms with Gasteiger partial charge in [-0.25, -0.2) is 4.98 Å². The molecule has 148 valence electrons. The van der Waals surface area contributed by atoms with Crippen molar-refractivity contribution in [3.8, 4) is 5.75 Å². The number of pyridine rings is 1. The Labute approximate surface area is 174 Å². The molecule has 1 saturated heterocycles. The summed E-state index contributed by atoms with van der Waals surface area (Å²) in [5.41, 5.74) is 3.50. The number of aryl methyl sites for hydroxylation is 1. The summed E-state index contributed by atoms with van der Waals surface area (Å²) in [4.78, 5) is 21.4. The smallest absolute Gasteiger partial charge is 0.257 e. The summed E-state index contributed by atoms with van der Waals surface area (Å²) in [6.45, 7) is 3.93. The van der Waals surface area contributed by atoms with Crippen LogP contribution in [0.3, 0.4) is 0 Å². The summed E-state index contributed by atoms with van der Waals surface area (Å²) >= 11 is 1.52. The summed E-state index contributed by atoms with van der Waals surface area (Å²) in [5, 5.41) is 6.93. The fraction of sp³-hybridized carbons (Fsp3) is 0.350. The van der Waals surface area contributed by atoms with Gasteiger partial charge in [-0.3, -0.25) is 15.1 Å². The molecule has 4 rings (SSSR count). The molecule has 0 spiro atoms. The SMILES string of the molecule is COc1ccc(C2CCNCC2)c2sc(NC(=O)c3ccnc(C)c3)nc12.Cl. The van der Waals surface area contributed by atoms with E-state index in [9.17, 15) is 4.79 Å². The first kappa shape index (κ1) is 20.5. The van der Waals surface area contributed by atoms with E-state index in [1.165, 1.54) is 16.9 Å². The lowest BCUT2D eigenvalue weighted by Gasteiger charge is -2.23. The van der Waals surface area contributed by atoms with Gasteiger partial charge in [-0.15, -0.1) is 12.4 Å². The van der Waals surface area contributed by atoms with Crippen LogP contribution in [0.5, 0.6) is 5.75 Å². The van der Waals surface area contributed by atoms with E-state index < -0.39 is 0 Å². The van der Waals surface area contributed by atoms with Crippen LogP contribution in [0.1, 0.15) is 40.4 Å². The Morgan fingerprint density at radius 2 is 2.07 bits per heavy atom. The maximum absolute atomic E-state index is 12.6. The van der Waals surface area contributed by atoms with Crippen molar-refractivity contribution >= 4 is 45.0 Å². The Balaban J connectivity index is 0.00000225. The van der Waals surface area contributed by atoms with Crippen LogP contribution in [0.25, 0.3) is 10.2 Å². The molecule has 3 heterocycles. The van der Waals surface area contributed by atoms with Gasteiger partial charge in [-0.2, -0.15) is 0 Å². The van der Waals surface area contributed by atoms with Crippen LogP contribution >= 0.6 is 23.7 Å². The molecule has 0 saturated carbocycles. The van der Waals surface area contributed by atoms with Crippen molar-refractivity contribution in [3.63, 3.8) is 0 Å². The highest BCUT2D eigenvalue weighted by Gasteiger charge is 2.22. The van der Waals surface area contributed by atoms with E-state index in [4.69, 9.17) is 4.74 Å². The predicted octanol–water partition coefficient (Wildman–Crippen LogP) is 4.15. The monoisotopic (exact) mass is 418 g/mol. The lowest BCUT2D eigenvalue weighted by atomic mass is 9.90. The van der Waals surface area contributed by atoms with E-state index in [1.807, 2.05) is 13.0 Å². The van der Waals surface area contributed by atoms with Crippen molar-refractivity contribution in [2.75, 3.05) is 25.5 Å². The number of thiazole rings is 1. The molecular weight excluding hydrogens is 396 g/mol. The number of nitrogens with one attached hydrogen (secondary N) is 2. The standard InChI is InChI=1S/C20H22N4O2S.ClH/c1-12-11-14(7-10-22-12)19(25)24-20-23-17-16(26-2)4-3-15(18(17)27-20)13-5-8-21-9-6-13;/h3-4,7,10-11,13,21H,5-6,8-9H2,1-2H3,(H,23,24,25);1H. The maximum Gasteiger partial charge on any atom is 0.257 e. The number of hydrogen-bond acceptors (Lipinski definition) is 6. The van der Waals surface area contributed by atoms with Crippen LogP contribution < -0.4 is 15.4 Å². The third-order valence-electron chi connectivity index (χ3n) is 4.92. The summed E-state index contributed by atoms with van der Waals surface area (Å²) in [6, 6.07) is 7.60. The van der Waals surface area contributed by atoms with Crippen molar-refractivity contribution < 1.29 is 9.53 Å². The van der Waals surface area contributed by atoms with Crippen LogP contribution in [-0.2, 0) is 0 Å². The molecule has 1 fully saturated rings. The molecule has 0 atom stereocenters. The highest BCUT2D eigenvalue weighted by atomic mass is 35.5. The molecule has 28 heavy (non-hydrogen) atoms. The van der Waals surface area contributed by atoms with Crippen LogP contribution in [0.15, 0.2) is 30.5 Å². The van der Waals surface area contributed by atoms with Crippen LogP contribution in [0.4, 0.5) is 5.13 Å². The van der Waals surface area contributed by atoms with Crippen molar-refractivity contribution in [2.24, 2.45) is 0 Å². The molecule has 6 nitrogen and oxygen atoms in total. The van der Waals surface area contributed by atoms with Gasteiger partial charge in [0.2, 0.25) is 0 Å². The number of benzene rings is 1. The largest absolute Gasteiger partial charge is 0.494 e. The van der Waals surface area contributed by atoms with E-state index in [0.717, 1.165) is 47.6 Å². The zero-order chi connectivity index (χ0) is 18.8. The van der Waals surface area contributed by atoms with Crippen molar-refractivity contribution in [2.45, 2.75) is 25.7 Å². The van der Waals surface area contributed by atoms with Gasteiger partial charge in [0.05, 0.1) is 11.8 Å². The topological polar surface area (TPSA) is 76.1 Å². The molecule has 2 aromatic heterocycles. The number of ether oxygens (including phenoxy) is 1. The normalized spacial score (nSPS) is 14.5. The van der Waals surface area contributed by atoms with E-state index in [-0.39, 0.29) is 18.3 Å². The molecule has 0 radical (unpaired) electrons. The second-order valence-corrected chi connectivity index (χ2v) is 7.72. The maximum atomic E-state index is 12.6. The first-order valence-corrected chi connectivity index (χ1v) is 9.89. The third kappa shape index (κ3) is 4.11. The molecule has 0 bridgehead atoms. The Morgan fingerprint density at radius 3 is 2.79 bits per heavy atom. The highest BCUT2D eigenvalue weighted by molar-refractivity contribution is 7.22. The number of piperidine rings is 1. The zero-order valence-corrected chi connectivity index (χ0v) is 17.5. The number of methoxy groups -OCH3 is 1. The van der Waals surface area contributed by atoms with Gasteiger partial charge in [0.1, 0.15) is 11.3 Å². The molecule has 8 heteroatoms. The van der Waals surface area contributed by atoms with E-state index >= 15 is 0 Å². The Kier molecular flexibility index (Phi) is 6.49. The first-order chi connectivity index (χ1) is 13.2. The molecule has 1 aromatic carbocycles. The second kappa shape index (κ2) is 8.86. The van der Waals surface area contributed by atoms with Gasteiger partial charge in [0.25, 0.3) is 5.91 Å². The molecule has 1 aliphatic rings. The molecule has 0 unspecified atom stereocenters. The van der Waals surface area contributed by atoms with E-state index in [0.29, 0.717) is 16.6 Å². The number of aromatic nitrogens is 2. The first-order valence-electron chi connectivity index (χ1n) is 9.08. The molecule has 2 N–H and O–H groups in total. The number of carbonyl (C=O) groups is 1. The van der Waals surface area contributed by atoms with Gasteiger partial charge in [0.15, 0.2) is 5.13 Å². The molecular formula is C20H23ClN4O2S. The minimum atomic E-state index is -0.179. The quantitative estimate of drug-likeness (QED) is 0.665. The number of anilines is 1. The lowest BCUT2D eigenvalue weighted by Crippen LogP contribution is -2.26. The number of carbonyl (C=O) groups excluding carboxylic acids is 1. The van der Waals surface area contributed by atoms with E-state index in [2.05, 4.69) is 26.7 Å². The number of fused-ring (bicyclic) bond motifs is 1.